The van der Waals surface area contributed by atoms with Crippen molar-refractivity contribution in [1.82, 2.24) is 4.90 Å². The normalized spacial score (nSPS) is 20.6. The average Bonchev–Trinajstić information content (AvgIpc) is 2.57. The third-order valence-corrected chi connectivity index (χ3v) is 4.90. The Hall–Kier alpha value is -1.69. The lowest BCUT2D eigenvalue weighted by Crippen LogP contribution is -2.44. The van der Waals surface area contributed by atoms with Crippen molar-refractivity contribution in [2.45, 2.75) is 25.2 Å². The van der Waals surface area contributed by atoms with E-state index in [0.29, 0.717) is 23.1 Å². The Kier molecular flexibility index (Phi) is 6.54. The van der Waals surface area contributed by atoms with E-state index in [9.17, 15) is 9.59 Å². The molecule has 1 aliphatic heterocycles. The van der Waals surface area contributed by atoms with Crippen molar-refractivity contribution in [3.05, 3.63) is 23.8 Å². The fourth-order valence-corrected chi connectivity index (χ4v) is 3.56. The fourth-order valence-electron chi connectivity index (χ4n) is 3.13. The van der Waals surface area contributed by atoms with Crippen LogP contribution in [0.2, 0.25) is 0 Å². The molecule has 1 fully saturated rings. The molecule has 1 amide bonds. The number of thioether (sulfide) groups is 1. The van der Waals surface area contributed by atoms with Crippen LogP contribution in [0.4, 0.5) is 0 Å². The number of hydrogen-bond donors (Lipinski definition) is 0. The van der Waals surface area contributed by atoms with Gasteiger partial charge >= 0.3 is 5.97 Å². The molecular formula is C18H25NO4S. The molecule has 0 N–H and O–H groups in total. The van der Waals surface area contributed by atoms with Gasteiger partial charge in [0.2, 0.25) is 0 Å². The lowest BCUT2D eigenvalue weighted by Gasteiger charge is -2.34. The van der Waals surface area contributed by atoms with E-state index in [0.717, 1.165) is 24.4 Å². The van der Waals surface area contributed by atoms with Crippen molar-refractivity contribution in [3.8, 4) is 5.75 Å². The van der Waals surface area contributed by atoms with E-state index in [1.165, 1.54) is 7.11 Å². The molecule has 1 aliphatic rings. The smallest absolute Gasteiger partial charge is 0.342 e. The Balaban J connectivity index is 1.96. The molecule has 1 heterocycles. The van der Waals surface area contributed by atoms with Crippen LogP contribution >= 0.6 is 11.8 Å². The van der Waals surface area contributed by atoms with Gasteiger partial charge in [0.1, 0.15) is 11.3 Å². The first-order valence-electron chi connectivity index (χ1n) is 8.11. The molecule has 0 bridgehead atoms. The van der Waals surface area contributed by atoms with Gasteiger partial charge in [-0.05, 0) is 42.7 Å². The van der Waals surface area contributed by atoms with E-state index in [4.69, 9.17) is 9.47 Å². The summed E-state index contributed by atoms with van der Waals surface area (Å²) in [7, 11) is 1.51. The number of likely N-dealkylation sites (tertiary alicyclic amines) is 1. The predicted octanol–water partition coefficient (Wildman–Crippen LogP) is 3.08. The fraction of sp³-hybridized carbons (Fsp3) is 0.556. The number of hydrogen-bond acceptors (Lipinski definition) is 5. The third-order valence-electron chi connectivity index (χ3n) is 4.18. The first-order chi connectivity index (χ1) is 11.4. The monoisotopic (exact) mass is 351 g/mol. The summed E-state index contributed by atoms with van der Waals surface area (Å²) in [6.07, 6.45) is 3.08. The number of piperidine rings is 1. The van der Waals surface area contributed by atoms with Gasteiger partial charge in [-0.25, -0.2) is 4.79 Å². The van der Waals surface area contributed by atoms with Gasteiger partial charge < -0.3 is 14.4 Å². The lowest BCUT2D eigenvalue weighted by molar-refractivity contribution is -0.137. The number of esters is 1. The number of carbonyl (C=O) groups excluding carboxylic acids is 2. The molecule has 1 aromatic carbocycles. The molecule has 24 heavy (non-hydrogen) atoms. The minimum Gasteiger partial charge on any atom is -0.496 e. The molecule has 0 radical (unpaired) electrons. The van der Waals surface area contributed by atoms with Gasteiger partial charge in [-0.15, -0.1) is 11.8 Å². The van der Waals surface area contributed by atoms with Crippen LogP contribution < -0.4 is 4.74 Å². The molecule has 0 aliphatic carbocycles. The molecule has 132 valence electrons. The van der Waals surface area contributed by atoms with Gasteiger partial charge in [-0.3, -0.25) is 4.79 Å². The van der Waals surface area contributed by atoms with E-state index in [1.54, 1.807) is 28.8 Å². The summed E-state index contributed by atoms with van der Waals surface area (Å²) in [5.74, 6) is 0.743. The van der Waals surface area contributed by atoms with Gasteiger partial charge in [0.25, 0.3) is 5.91 Å². The minimum absolute atomic E-state index is 0.138. The van der Waals surface area contributed by atoms with Crippen LogP contribution in [-0.4, -0.2) is 49.8 Å². The summed E-state index contributed by atoms with van der Waals surface area (Å²) < 4.78 is 10.5. The van der Waals surface area contributed by atoms with Crippen LogP contribution in [0.1, 0.15) is 30.6 Å². The van der Waals surface area contributed by atoms with Gasteiger partial charge in [0, 0.05) is 18.0 Å². The maximum atomic E-state index is 12.3. The summed E-state index contributed by atoms with van der Waals surface area (Å²) in [6, 6.07) is 5.29. The Labute approximate surface area is 147 Å². The zero-order valence-electron chi connectivity index (χ0n) is 14.7. The number of carbonyl (C=O) groups is 2. The second kappa shape index (κ2) is 8.42. The van der Waals surface area contributed by atoms with Crippen LogP contribution in [0.25, 0.3) is 0 Å². The molecule has 0 aromatic heterocycles. The zero-order valence-corrected chi connectivity index (χ0v) is 15.5. The summed E-state index contributed by atoms with van der Waals surface area (Å²) >= 11 is 1.56. The number of rotatable bonds is 5. The first kappa shape index (κ1) is 18.6. The number of methoxy groups -OCH3 is 1. The lowest BCUT2D eigenvalue weighted by atomic mass is 9.92. The molecule has 6 heteroatoms. The van der Waals surface area contributed by atoms with E-state index in [2.05, 4.69) is 13.8 Å². The van der Waals surface area contributed by atoms with Crippen molar-refractivity contribution in [2.75, 3.05) is 33.1 Å². The topological polar surface area (TPSA) is 55.8 Å². The van der Waals surface area contributed by atoms with Gasteiger partial charge in [0.15, 0.2) is 6.61 Å². The summed E-state index contributed by atoms with van der Waals surface area (Å²) in [4.78, 5) is 27.3. The van der Waals surface area contributed by atoms with Crippen LogP contribution in [0, 0.1) is 11.8 Å². The van der Waals surface area contributed by atoms with Crippen molar-refractivity contribution in [3.63, 3.8) is 0 Å². The highest BCUT2D eigenvalue weighted by Crippen LogP contribution is 2.26. The largest absolute Gasteiger partial charge is 0.496 e. The third kappa shape index (κ3) is 4.66. The number of amides is 1. The Morgan fingerprint density at radius 1 is 1.25 bits per heavy atom. The van der Waals surface area contributed by atoms with Gasteiger partial charge in [-0.1, -0.05) is 13.8 Å². The second-order valence-corrected chi connectivity index (χ2v) is 7.27. The quantitative estimate of drug-likeness (QED) is 0.603. The molecule has 0 unspecified atom stereocenters. The summed E-state index contributed by atoms with van der Waals surface area (Å²) in [5, 5.41) is 0. The van der Waals surface area contributed by atoms with Crippen LogP contribution in [0.15, 0.2) is 23.1 Å². The van der Waals surface area contributed by atoms with Crippen molar-refractivity contribution in [1.29, 1.82) is 0 Å². The predicted molar refractivity (Wildman–Crippen MR) is 94.6 cm³/mol. The minimum atomic E-state index is -0.536. The highest BCUT2D eigenvalue weighted by atomic mass is 32.2. The molecule has 1 aromatic rings. The SMILES string of the molecule is COc1cc(SC)ccc1C(=O)OCC(=O)N1C[C@H](C)C[C@@H](C)C1. The molecule has 5 nitrogen and oxygen atoms in total. The van der Waals surface area contributed by atoms with Crippen molar-refractivity contribution < 1.29 is 19.1 Å². The molecule has 2 rings (SSSR count). The first-order valence-corrected chi connectivity index (χ1v) is 9.34. The van der Waals surface area contributed by atoms with E-state index in [-0.39, 0.29) is 12.5 Å². The maximum absolute atomic E-state index is 12.3. The second-order valence-electron chi connectivity index (χ2n) is 6.39. The molecule has 1 saturated heterocycles. The van der Waals surface area contributed by atoms with Gasteiger partial charge in [-0.2, -0.15) is 0 Å². The van der Waals surface area contributed by atoms with Crippen molar-refractivity contribution in [2.24, 2.45) is 11.8 Å². The molecular weight excluding hydrogens is 326 g/mol. The Bertz CT molecular complexity index is 595. The van der Waals surface area contributed by atoms with E-state index < -0.39 is 5.97 Å². The summed E-state index contributed by atoms with van der Waals surface area (Å²) in [5.41, 5.74) is 0.337. The number of nitrogens with zero attached hydrogens (tertiary/aromatic N) is 1. The Morgan fingerprint density at radius 2 is 1.92 bits per heavy atom. The highest BCUT2D eigenvalue weighted by molar-refractivity contribution is 7.98. The van der Waals surface area contributed by atoms with E-state index in [1.807, 2.05) is 12.3 Å². The number of benzene rings is 1. The standard InChI is InChI=1S/C18H25NO4S/c1-12-7-13(2)10-19(9-12)17(20)11-23-18(21)15-6-5-14(24-4)8-16(15)22-3/h5-6,8,12-13H,7,9-11H2,1-4H3/t12-,13-/m1/s1. The maximum Gasteiger partial charge on any atom is 0.342 e. The van der Waals surface area contributed by atoms with E-state index >= 15 is 0 Å². The van der Waals surface area contributed by atoms with Gasteiger partial charge in [0.05, 0.1) is 7.11 Å². The van der Waals surface area contributed by atoms with Crippen LogP contribution in [0.5, 0.6) is 5.75 Å². The average molecular weight is 351 g/mol. The summed E-state index contributed by atoms with van der Waals surface area (Å²) in [6.45, 7) is 5.50. The number of ether oxygens (including phenoxy) is 2. The molecule has 0 spiro atoms. The van der Waals surface area contributed by atoms with Crippen LogP contribution in [0.3, 0.4) is 0 Å². The molecule has 2 atom stereocenters. The van der Waals surface area contributed by atoms with Crippen molar-refractivity contribution >= 4 is 23.6 Å². The Morgan fingerprint density at radius 3 is 2.50 bits per heavy atom. The molecule has 0 saturated carbocycles. The highest BCUT2D eigenvalue weighted by Gasteiger charge is 2.26. The zero-order chi connectivity index (χ0) is 17.7. The van der Waals surface area contributed by atoms with Crippen LogP contribution in [-0.2, 0) is 9.53 Å².